The lowest BCUT2D eigenvalue weighted by molar-refractivity contribution is -0.137. The number of alkyl halides is 3. The number of nitrogens with one attached hydrogen (secondary N) is 1. The minimum Gasteiger partial charge on any atom is -0.313 e. The van der Waals surface area contributed by atoms with Crippen molar-refractivity contribution >= 4 is 0 Å². The highest BCUT2D eigenvalue weighted by atomic mass is 19.4. The molecule has 2 unspecified atom stereocenters. The van der Waals surface area contributed by atoms with E-state index in [-0.39, 0.29) is 0 Å². The van der Waals surface area contributed by atoms with Gasteiger partial charge in [-0.05, 0) is 44.0 Å². The molecule has 0 amide bonds. The Kier molecular flexibility index (Phi) is 5.27. The van der Waals surface area contributed by atoms with Crippen LogP contribution in [0.25, 0.3) is 0 Å². The second-order valence-corrected chi connectivity index (χ2v) is 5.82. The molecule has 2 nitrogen and oxygen atoms in total. The molecule has 1 aromatic rings. The van der Waals surface area contributed by atoms with Crippen LogP contribution in [0.5, 0.6) is 0 Å². The summed E-state index contributed by atoms with van der Waals surface area (Å²) in [5.74, 6) is 0. The third-order valence-corrected chi connectivity index (χ3v) is 4.23. The van der Waals surface area contributed by atoms with Gasteiger partial charge in [0.25, 0.3) is 0 Å². The number of rotatable bonds is 3. The van der Waals surface area contributed by atoms with E-state index in [1.165, 1.54) is 12.1 Å². The second-order valence-electron chi connectivity index (χ2n) is 5.82. The molecule has 0 radical (unpaired) electrons. The van der Waals surface area contributed by atoms with Gasteiger partial charge in [-0.25, -0.2) is 0 Å². The normalized spacial score (nSPS) is 24.8. The van der Waals surface area contributed by atoms with Gasteiger partial charge in [0.15, 0.2) is 0 Å². The lowest BCUT2D eigenvalue weighted by Crippen LogP contribution is -2.39. The third-order valence-electron chi connectivity index (χ3n) is 4.23. The Morgan fingerprint density at radius 2 is 1.90 bits per heavy atom. The lowest BCUT2D eigenvalue weighted by Gasteiger charge is -2.29. The molecular formula is C16H23F3N2. The number of hydrogen-bond donors (Lipinski definition) is 1. The molecule has 5 heteroatoms. The summed E-state index contributed by atoms with van der Waals surface area (Å²) in [5.41, 5.74) is 0.356. The second kappa shape index (κ2) is 6.79. The highest BCUT2D eigenvalue weighted by molar-refractivity contribution is 5.24. The topological polar surface area (TPSA) is 15.3 Å². The van der Waals surface area contributed by atoms with Crippen molar-refractivity contribution in [2.24, 2.45) is 0 Å². The molecule has 0 spiro atoms. The number of halogens is 3. The van der Waals surface area contributed by atoms with E-state index in [1.54, 1.807) is 12.1 Å². The van der Waals surface area contributed by atoms with E-state index in [0.29, 0.717) is 18.6 Å². The minimum absolute atomic E-state index is 0.441. The van der Waals surface area contributed by atoms with Gasteiger partial charge in [0.1, 0.15) is 0 Å². The molecule has 1 fully saturated rings. The van der Waals surface area contributed by atoms with E-state index in [9.17, 15) is 13.2 Å². The molecule has 2 atom stereocenters. The van der Waals surface area contributed by atoms with E-state index in [2.05, 4.69) is 24.1 Å². The summed E-state index contributed by atoms with van der Waals surface area (Å²) < 4.78 is 37.7. The summed E-state index contributed by atoms with van der Waals surface area (Å²) in [5, 5.41) is 3.52. The van der Waals surface area contributed by atoms with Crippen molar-refractivity contribution in [3.63, 3.8) is 0 Å². The highest BCUT2D eigenvalue weighted by Crippen LogP contribution is 2.29. The van der Waals surface area contributed by atoms with Crippen LogP contribution in [0.1, 0.15) is 37.8 Å². The monoisotopic (exact) mass is 300 g/mol. The first-order valence-electron chi connectivity index (χ1n) is 7.53. The SMILES string of the molecule is CCC1CN(Cc2ccc(C(F)(F)F)cc2)C(C)CCN1. The Hall–Kier alpha value is -1.07. The van der Waals surface area contributed by atoms with Gasteiger partial charge >= 0.3 is 6.18 Å². The summed E-state index contributed by atoms with van der Waals surface area (Å²) in [4.78, 5) is 2.36. The van der Waals surface area contributed by atoms with Crippen LogP contribution < -0.4 is 5.32 Å². The smallest absolute Gasteiger partial charge is 0.313 e. The predicted octanol–water partition coefficient (Wildman–Crippen LogP) is 3.67. The van der Waals surface area contributed by atoms with Crippen molar-refractivity contribution in [1.29, 1.82) is 0 Å². The summed E-state index contributed by atoms with van der Waals surface area (Å²) in [6.45, 7) is 6.99. The zero-order valence-corrected chi connectivity index (χ0v) is 12.6. The van der Waals surface area contributed by atoms with Gasteiger partial charge in [-0.15, -0.1) is 0 Å². The molecule has 0 bridgehead atoms. The molecule has 0 aliphatic carbocycles. The number of nitrogens with zero attached hydrogens (tertiary/aromatic N) is 1. The number of hydrogen-bond acceptors (Lipinski definition) is 2. The Bertz CT molecular complexity index is 442. The average molecular weight is 300 g/mol. The zero-order chi connectivity index (χ0) is 15.5. The van der Waals surface area contributed by atoms with Crippen LogP contribution in [0.2, 0.25) is 0 Å². The van der Waals surface area contributed by atoms with E-state index >= 15 is 0 Å². The largest absolute Gasteiger partial charge is 0.416 e. The molecule has 0 saturated carbocycles. The molecule has 0 aromatic heterocycles. The first kappa shape index (κ1) is 16.3. The fourth-order valence-corrected chi connectivity index (χ4v) is 2.73. The molecule has 1 heterocycles. The minimum atomic E-state index is -4.26. The van der Waals surface area contributed by atoms with E-state index in [4.69, 9.17) is 0 Å². The first-order chi connectivity index (χ1) is 9.90. The quantitative estimate of drug-likeness (QED) is 0.916. The van der Waals surface area contributed by atoms with Crippen molar-refractivity contribution in [3.05, 3.63) is 35.4 Å². The summed E-state index contributed by atoms with van der Waals surface area (Å²) in [7, 11) is 0. The van der Waals surface area contributed by atoms with Crippen molar-refractivity contribution in [1.82, 2.24) is 10.2 Å². The molecule has 1 aliphatic heterocycles. The van der Waals surface area contributed by atoms with Crippen LogP contribution in [0.4, 0.5) is 13.2 Å². The Labute approximate surface area is 124 Å². The average Bonchev–Trinajstić information content (AvgIpc) is 2.61. The van der Waals surface area contributed by atoms with E-state index < -0.39 is 11.7 Å². The molecule has 118 valence electrons. The van der Waals surface area contributed by atoms with Crippen LogP contribution in [-0.2, 0) is 12.7 Å². The Morgan fingerprint density at radius 3 is 2.48 bits per heavy atom. The molecule has 1 aromatic carbocycles. The molecule has 2 rings (SSSR count). The third kappa shape index (κ3) is 4.45. The molecule has 1 N–H and O–H groups in total. The zero-order valence-electron chi connectivity index (χ0n) is 12.6. The van der Waals surface area contributed by atoms with Gasteiger partial charge in [0, 0.05) is 25.2 Å². The standard InChI is InChI=1S/C16H23F3N2/c1-3-15-11-21(12(2)8-9-20-15)10-13-4-6-14(7-5-13)16(17,18)19/h4-7,12,15,20H,3,8-11H2,1-2H3. The Balaban J connectivity index is 2.05. The van der Waals surface area contributed by atoms with E-state index in [1.807, 2.05) is 0 Å². The predicted molar refractivity (Wildman–Crippen MR) is 78.0 cm³/mol. The van der Waals surface area contributed by atoms with Gasteiger partial charge in [-0.1, -0.05) is 19.1 Å². The van der Waals surface area contributed by atoms with Crippen molar-refractivity contribution in [3.8, 4) is 0 Å². The van der Waals surface area contributed by atoms with Crippen molar-refractivity contribution < 1.29 is 13.2 Å². The van der Waals surface area contributed by atoms with Gasteiger partial charge in [-0.3, -0.25) is 4.90 Å². The lowest BCUT2D eigenvalue weighted by atomic mass is 10.1. The Morgan fingerprint density at radius 1 is 1.24 bits per heavy atom. The van der Waals surface area contributed by atoms with Crippen LogP contribution in [0.15, 0.2) is 24.3 Å². The van der Waals surface area contributed by atoms with Crippen LogP contribution in [-0.4, -0.2) is 30.1 Å². The maximum absolute atomic E-state index is 12.6. The van der Waals surface area contributed by atoms with E-state index in [0.717, 1.165) is 31.5 Å². The molecule has 21 heavy (non-hydrogen) atoms. The summed E-state index contributed by atoms with van der Waals surface area (Å²) >= 11 is 0. The first-order valence-corrected chi connectivity index (χ1v) is 7.53. The van der Waals surface area contributed by atoms with Crippen LogP contribution >= 0.6 is 0 Å². The molecular weight excluding hydrogens is 277 g/mol. The van der Waals surface area contributed by atoms with Gasteiger partial charge in [-0.2, -0.15) is 13.2 Å². The molecule has 1 aliphatic rings. The van der Waals surface area contributed by atoms with Gasteiger partial charge < -0.3 is 5.32 Å². The fourth-order valence-electron chi connectivity index (χ4n) is 2.73. The van der Waals surface area contributed by atoms with Crippen molar-refractivity contribution in [2.75, 3.05) is 13.1 Å². The highest BCUT2D eigenvalue weighted by Gasteiger charge is 2.30. The van der Waals surface area contributed by atoms with Crippen LogP contribution in [0, 0.1) is 0 Å². The maximum Gasteiger partial charge on any atom is 0.416 e. The number of benzene rings is 1. The molecule has 1 saturated heterocycles. The van der Waals surface area contributed by atoms with Crippen molar-refractivity contribution in [2.45, 2.75) is 51.5 Å². The van der Waals surface area contributed by atoms with Gasteiger partial charge in [0.05, 0.1) is 5.56 Å². The summed E-state index contributed by atoms with van der Waals surface area (Å²) in [6, 6.07) is 6.44. The van der Waals surface area contributed by atoms with Gasteiger partial charge in [0.2, 0.25) is 0 Å². The van der Waals surface area contributed by atoms with Crippen LogP contribution in [0.3, 0.4) is 0 Å². The maximum atomic E-state index is 12.6. The summed E-state index contributed by atoms with van der Waals surface area (Å²) in [6.07, 6.45) is -2.13. The fraction of sp³-hybridized carbons (Fsp3) is 0.625.